The van der Waals surface area contributed by atoms with Gasteiger partial charge in [0.2, 0.25) is 0 Å². The van der Waals surface area contributed by atoms with Crippen molar-refractivity contribution in [2.24, 2.45) is 5.92 Å². The second-order valence-electron chi connectivity index (χ2n) is 5.91. The molecule has 0 N–H and O–H groups in total. The van der Waals surface area contributed by atoms with E-state index < -0.39 is 0 Å². The van der Waals surface area contributed by atoms with Gasteiger partial charge in [-0.2, -0.15) is 0 Å². The minimum absolute atomic E-state index is 0.136. The Morgan fingerprint density at radius 3 is 2.65 bits per heavy atom. The number of carbonyl (C=O) groups excluding carboxylic acids is 1. The lowest BCUT2D eigenvalue weighted by molar-refractivity contribution is -0.150. The lowest BCUT2D eigenvalue weighted by atomic mass is 9.76. The molecule has 20 heavy (non-hydrogen) atoms. The van der Waals surface area contributed by atoms with E-state index in [1.807, 2.05) is 0 Å². The Morgan fingerprint density at radius 2 is 2.00 bits per heavy atom. The van der Waals surface area contributed by atoms with Crippen LogP contribution in [-0.2, 0) is 9.53 Å². The van der Waals surface area contributed by atoms with Gasteiger partial charge < -0.3 is 4.74 Å². The van der Waals surface area contributed by atoms with Gasteiger partial charge in [0.05, 0.1) is 13.0 Å². The number of hydrogen-bond acceptors (Lipinski definition) is 3. The number of ether oxygens (including phenoxy) is 1. The predicted octanol–water partition coefficient (Wildman–Crippen LogP) is 2.57. The summed E-state index contributed by atoms with van der Waals surface area (Å²) in [5.41, 5.74) is 1.05. The van der Waals surface area contributed by atoms with Crippen LogP contribution in [0.5, 0.6) is 0 Å². The fourth-order valence-corrected chi connectivity index (χ4v) is 3.98. The van der Waals surface area contributed by atoms with Crippen LogP contribution in [0, 0.1) is 11.7 Å². The van der Waals surface area contributed by atoms with E-state index in [0.29, 0.717) is 6.04 Å². The van der Waals surface area contributed by atoms with Crippen LogP contribution in [0.25, 0.3) is 0 Å². The Balaban J connectivity index is 1.95. The summed E-state index contributed by atoms with van der Waals surface area (Å²) in [6.45, 7) is 0. The summed E-state index contributed by atoms with van der Waals surface area (Å²) in [6, 6.07) is 7.34. The summed E-state index contributed by atoms with van der Waals surface area (Å²) in [5, 5.41) is 0. The molecule has 2 aliphatic heterocycles. The van der Waals surface area contributed by atoms with Crippen LogP contribution in [0.4, 0.5) is 4.39 Å². The lowest BCUT2D eigenvalue weighted by Gasteiger charge is -2.41. The Morgan fingerprint density at radius 1 is 1.30 bits per heavy atom. The monoisotopic (exact) mass is 277 g/mol. The SMILES string of the molecule is COC(=O)[C@@H]1[C@@H](c2ccc(F)cc2)CC2CC[C@H]1N2C. The zero-order chi connectivity index (χ0) is 14.3. The third kappa shape index (κ3) is 2.12. The quantitative estimate of drug-likeness (QED) is 0.778. The van der Waals surface area contributed by atoms with Crippen LogP contribution in [0.3, 0.4) is 0 Å². The Labute approximate surface area is 118 Å². The summed E-state index contributed by atoms with van der Waals surface area (Å²) in [6.07, 6.45) is 3.11. The number of carbonyl (C=O) groups is 1. The van der Waals surface area contributed by atoms with E-state index in [-0.39, 0.29) is 29.7 Å². The second-order valence-corrected chi connectivity index (χ2v) is 5.91. The first kappa shape index (κ1) is 13.6. The van der Waals surface area contributed by atoms with Crippen molar-refractivity contribution in [3.63, 3.8) is 0 Å². The average molecular weight is 277 g/mol. The molecule has 2 fully saturated rings. The first-order chi connectivity index (χ1) is 9.61. The molecule has 4 heteroatoms. The molecule has 1 aromatic carbocycles. The number of methoxy groups -OCH3 is 1. The first-order valence-corrected chi connectivity index (χ1v) is 7.17. The van der Waals surface area contributed by atoms with Crippen molar-refractivity contribution in [1.82, 2.24) is 4.90 Å². The van der Waals surface area contributed by atoms with Gasteiger partial charge in [-0.25, -0.2) is 4.39 Å². The van der Waals surface area contributed by atoms with Crippen LogP contribution in [0.1, 0.15) is 30.7 Å². The zero-order valence-electron chi connectivity index (χ0n) is 11.9. The largest absolute Gasteiger partial charge is 0.469 e. The summed E-state index contributed by atoms with van der Waals surface area (Å²) in [5.74, 6) is -0.387. The molecule has 0 radical (unpaired) electrons. The van der Waals surface area contributed by atoms with Gasteiger partial charge in [-0.1, -0.05) is 12.1 Å². The van der Waals surface area contributed by atoms with E-state index in [1.54, 1.807) is 12.1 Å². The van der Waals surface area contributed by atoms with E-state index >= 15 is 0 Å². The Kier molecular flexibility index (Phi) is 3.50. The molecular weight excluding hydrogens is 257 g/mol. The van der Waals surface area contributed by atoms with Gasteiger partial charge in [-0.05, 0) is 44.0 Å². The van der Waals surface area contributed by atoms with Gasteiger partial charge in [0, 0.05) is 18.0 Å². The number of rotatable bonds is 2. The molecule has 0 amide bonds. The molecule has 4 atom stereocenters. The van der Waals surface area contributed by atoms with Crippen molar-refractivity contribution in [2.45, 2.75) is 37.3 Å². The molecule has 2 aliphatic rings. The number of esters is 1. The Hall–Kier alpha value is -1.42. The third-order valence-corrected chi connectivity index (χ3v) is 5.04. The number of fused-ring (bicyclic) bond motifs is 2. The van der Waals surface area contributed by atoms with Crippen LogP contribution >= 0.6 is 0 Å². The van der Waals surface area contributed by atoms with E-state index in [0.717, 1.165) is 24.8 Å². The minimum atomic E-state index is -0.237. The van der Waals surface area contributed by atoms with Crippen LogP contribution in [-0.4, -0.2) is 37.1 Å². The van der Waals surface area contributed by atoms with Crippen molar-refractivity contribution in [2.75, 3.05) is 14.2 Å². The molecule has 2 saturated heterocycles. The van der Waals surface area contributed by atoms with Gasteiger partial charge >= 0.3 is 5.97 Å². The summed E-state index contributed by atoms with van der Waals surface area (Å²) < 4.78 is 18.1. The number of halogens is 1. The second kappa shape index (κ2) is 5.17. The maximum absolute atomic E-state index is 13.1. The maximum Gasteiger partial charge on any atom is 0.310 e. The molecule has 0 saturated carbocycles. The van der Waals surface area contributed by atoms with Crippen LogP contribution < -0.4 is 0 Å². The molecule has 108 valence electrons. The summed E-state index contributed by atoms with van der Waals surface area (Å²) in [7, 11) is 3.55. The molecule has 0 aliphatic carbocycles. The molecule has 3 nitrogen and oxygen atoms in total. The molecule has 2 heterocycles. The average Bonchev–Trinajstić information content (AvgIpc) is 2.70. The normalized spacial score (nSPS) is 33.1. The molecule has 3 rings (SSSR count). The van der Waals surface area contributed by atoms with Crippen molar-refractivity contribution < 1.29 is 13.9 Å². The zero-order valence-corrected chi connectivity index (χ0v) is 11.9. The third-order valence-electron chi connectivity index (χ3n) is 5.04. The van der Waals surface area contributed by atoms with Gasteiger partial charge in [0.15, 0.2) is 0 Å². The lowest BCUT2D eigenvalue weighted by Crippen LogP contribution is -2.49. The standard InChI is InChI=1S/C16H20FNO2/c1-18-12-7-8-14(18)15(16(19)20-2)13(9-12)10-3-5-11(17)6-4-10/h3-6,12-15H,7-9H2,1-2H3/t12?,13-,14-,15-/m1/s1. The smallest absolute Gasteiger partial charge is 0.310 e. The van der Waals surface area contributed by atoms with Gasteiger partial charge in [0.25, 0.3) is 0 Å². The van der Waals surface area contributed by atoms with Gasteiger partial charge in [0.1, 0.15) is 5.82 Å². The highest BCUT2D eigenvalue weighted by molar-refractivity contribution is 5.75. The highest BCUT2D eigenvalue weighted by Gasteiger charge is 2.49. The van der Waals surface area contributed by atoms with Crippen molar-refractivity contribution in [3.05, 3.63) is 35.6 Å². The molecule has 1 unspecified atom stereocenters. The van der Waals surface area contributed by atoms with E-state index in [2.05, 4.69) is 11.9 Å². The highest BCUT2D eigenvalue weighted by atomic mass is 19.1. The minimum Gasteiger partial charge on any atom is -0.469 e. The topological polar surface area (TPSA) is 29.5 Å². The van der Waals surface area contributed by atoms with E-state index in [4.69, 9.17) is 4.74 Å². The molecule has 1 aromatic rings. The van der Waals surface area contributed by atoms with Gasteiger partial charge in [-0.15, -0.1) is 0 Å². The highest BCUT2D eigenvalue weighted by Crippen LogP contribution is 2.46. The van der Waals surface area contributed by atoms with E-state index in [1.165, 1.54) is 19.2 Å². The van der Waals surface area contributed by atoms with Crippen molar-refractivity contribution in [1.29, 1.82) is 0 Å². The molecule has 2 bridgehead atoms. The van der Waals surface area contributed by atoms with Gasteiger partial charge in [-0.3, -0.25) is 9.69 Å². The van der Waals surface area contributed by atoms with Crippen LogP contribution in [0.15, 0.2) is 24.3 Å². The number of piperidine rings is 1. The summed E-state index contributed by atoms with van der Waals surface area (Å²) >= 11 is 0. The van der Waals surface area contributed by atoms with Crippen molar-refractivity contribution in [3.8, 4) is 0 Å². The molecule has 0 aromatic heterocycles. The first-order valence-electron chi connectivity index (χ1n) is 7.17. The molecular formula is C16H20FNO2. The maximum atomic E-state index is 13.1. The van der Waals surface area contributed by atoms with E-state index in [9.17, 15) is 9.18 Å². The predicted molar refractivity (Wildman–Crippen MR) is 73.8 cm³/mol. The number of benzene rings is 1. The summed E-state index contributed by atoms with van der Waals surface area (Å²) in [4.78, 5) is 14.5. The molecule has 0 spiro atoms. The Bertz CT molecular complexity index is 502. The van der Waals surface area contributed by atoms with Crippen LogP contribution in [0.2, 0.25) is 0 Å². The fraction of sp³-hybridized carbons (Fsp3) is 0.562. The fourth-order valence-electron chi connectivity index (χ4n) is 3.98. The number of nitrogens with zero attached hydrogens (tertiary/aromatic N) is 1. The van der Waals surface area contributed by atoms with Crippen molar-refractivity contribution >= 4 is 5.97 Å². The number of hydrogen-bond donors (Lipinski definition) is 0.